The molecule has 13 heteroatoms. The monoisotopic (exact) mass is 516 g/mol. The van der Waals surface area contributed by atoms with Crippen LogP contribution in [0.4, 0.5) is 13.2 Å². The topological polar surface area (TPSA) is 134 Å². The first-order valence-corrected chi connectivity index (χ1v) is 12.2. The van der Waals surface area contributed by atoms with Gasteiger partial charge in [-0.25, -0.2) is 0 Å². The van der Waals surface area contributed by atoms with Crippen molar-refractivity contribution in [3.05, 3.63) is 0 Å². The molecule has 2 saturated heterocycles. The Morgan fingerprint density at radius 3 is 2.42 bits per heavy atom. The number of nitrogens with one attached hydrogen (secondary N) is 3. The third kappa shape index (κ3) is 5.98. The molecule has 2 heterocycles. The number of hydrogen-bond acceptors (Lipinski definition) is 6. The molecule has 200 valence electrons. The average Bonchev–Trinajstić information content (AvgIpc) is 3.18. The van der Waals surface area contributed by atoms with Gasteiger partial charge in [-0.3, -0.25) is 28.7 Å². The molecule has 4 aliphatic rings. The Morgan fingerprint density at radius 2 is 1.89 bits per heavy atom. The molecular formula is C23H31F3N4O6. The summed E-state index contributed by atoms with van der Waals surface area (Å²) >= 11 is 0. The summed E-state index contributed by atoms with van der Waals surface area (Å²) in [6.45, 7) is 1.08. The lowest BCUT2D eigenvalue weighted by atomic mass is 9.67. The van der Waals surface area contributed by atoms with E-state index < -0.39 is 60.0 Å². The fourth-order valence-corrected chi connectivity index (χ4v) is 5.26. The lowest BCUT2D eigenvalue weighted by Crippen LogP contribution is -2.55. The molecule has 0 aromatic heterocycles. The molecule has 4 rings (SSSR count). The van der Waals surface area contributed by atoms with E-state index in [1.54, 1.807) is 0 Å². The first-order valence-electron chi connectivity index (χ1n) is 12.2. The van der Waals surface area contributed by atoms with Gasteiger partial charge >= 0.3 is 18.2 Å². The quantitative estimate of drug-likeness (QED) is 0.404. The number of carbonyl (C=O) groups is 5. The zero-order chi connectivity index (χ0) is 26.3. The lowest BCUT2D eigenvalue weighted by Gasteiger charge is -2.37. The number of carbonyl (C=O) groups excluding carboxylic acids is 5. The fourth-order valence-electron chi connectivity index (χ4n) is 5.26. The van der Waals surface area contributed by atoms with Gasteiger partial charge in [-0.2, -0.15) is 0 Å². The molecule has 4 fully saturated rings. The van der Waals surface area contributed by atoms with Crippen LogP contribution in [0.5, 0.6) is 0 Å². The maximum Gasteiger partial charge on any atom is 0.522 e. The minimum Gasteiger partial charge on any atom is -0.356 e. The minimum atomic E-state index is -5.04. The molecule has 0 radical (unpaired) electrons. The van der Waals surface area contributed by atoms with Crippen molar-refractivity contribution in [2.75, 3.05) is 19.7 Å². The zero-order valence-electron chi connectivity index (χ0n) is 20.0. The van der Waals surface area contributed by atoms with E-state index in [0.717, 1.165) is 32.1 Å². The molecule has 0 bridgehead atoms. The summed E-state index contributed by atoms with van der Waals surface area (Å²) in [5.74, 6) is -4.43. The van der Waals surface area contributed by atoms with Crippen LogP contribution in [0.15, 0.2) is 0 Å². The first-order chi connectivity index (χ1) is 16.8. The second-order valence-corrected chi connectivity index (χ2v) is 10.8. The predicted octanol–water partition coefficient (Wildman–Crippen LogP) is 0.543. The largest absolute Gasteiger partial charge is 0.522 e. The van der Waals surface area contributed by atoms with Gasteiger partial charge in [0.1, 0.15) is 12.6 Å². The van der Waals surface area contributed by atoms with Gasteiger partial charge in [0.05, 0.1) is 6.04 Å². The van der Waals surface area contributed by atoms with E-state index in [1.165, 1.54) is 4.90 Å². The van der Waals surface area contributed by atoms with E-state index in [-0.39, 0.29) is 24.3 Å². The highest BCUT2D eigenvalue weighted by Gasteiger charge is 2.53. The molecule has 4 amide bonds. The van der Waals surface area contributed by atoms with E-state index in [2.05, 4.69) is 20.7 Å². The molecule has 2 saturated carbocycles. The molecule has 10 nitrogen and oxygen atoms in total. The van der Waals surface area contributed by atoms with Crippen LogP contribution in [0.1, 0.15) is 58.3 Å². The Labute approximate surface area is 206 Å². The second kappa shape index (κ2) is 9.64. The number of ketones is 1. The zero-order valence-corrected chi connectivity index (χ0v) is 20.0. The number of nitrogens with zero attached hydrogens (tertiary/aromatic N) is 1. The van der Waals surface area contributed by atoms with Crippen molar-refractivity contribution in [3.63, 3.8) is 0 Å². The van der Waals surface area contributed by atoms with Crippen LogP contribution >= 0.6 is 0 Å². The van der Waals surface area contributed by atoms with Crippen molar-refractivity contribution in [3.8, 4) is 0 Å². The number of halogens is 3. The fraction of sp³-hybridized carbons (Fsp3) is 0.783. The van der Waals surface area contributed by atoms with Crippen molar-refractivity contribution in [2.45, 2.75) is 82.3 Å². The Bertz CT molecular complexity index is 947. The van der Waals surface area contributed by atoms with E-state index >= 15 is 0 Å². The van der Waals surface area contributed by atoms with Crippen molar-refractivity contribution in [2.24, 2.45) is 11.3 Å². The smallest absolute Gasteiger partial charge is 0.356 e. The summed E-state index contributed by atoms with van der Waals surface area (Å²) in [5.41, 5.74) is -0.734. The lowest BCUT2D eigenvalue weighted by molar-refractivity contribution is -0.321. The minimum absolute atomic E-state index is 0.192. The maximum absolute atomic E-state index is 13.3. The van der Waals surface area contributed by atoms with Crippen molar-refractivity contribution in [1.29, 1.82) is 0 Å². The molecule has 2 aliphatic heterocycles. The molecule has 36 heavy (non-hydrogen) atoms. The molecule has 3 N–H and O–H groups in total. The van der Waals surface area contributed by atoms with Gasteiger partial charge in [0.25, 0.3) is 0 Å². The van der Waals surface area contributed by atoms with Crippen LogP contribution in [-0.4, -0.2) is 78.0 Å². The molecular weight excluding hydrogens is 485 g/mol. The van der Waals surface area contributed by atoms with E-state index in [9.17, 15) is 37.1 Å². The Balaban J connectivity index is 1.48. The normalized spacial score (nSPS) is 26.7. The number of ether oxygens (including phenoxy) is 1. The number of rotatable bonds is 8. The third-order valence-electron chi connectivity index (χ3n) is 7.86. The third-order valence-corrected chi connectivity index (χ3v) is 7.86. The van der Waals surface area contributed by atoms with Gasteiger partial charge in [-0.05, 0) is 57.3 Å². The molecule has 0 aromatic carbocycles. The van der Waals surface area contributed by atoms with Crippen molar-refractivity contribution in [1.82, 2.24) is 20.9 Å². The van der Waals surface area contributed by atoms with E-state index in [4.69, 9.17) is 0 Å². The van der Waals surface area contributed by atoms with E-state index in [0.29, 0.717) is 19.4 Å². The number of alkyl halides is 3. The molecule has 0 aromatic rings. The summed E-state index contributed by atoms with van der Waals surface area (Å²) in [4.78, 5) is 64.8. The average molecular weight is 517 g/mol. The number of likely N-dealkylation sites (tertiary alicyclic amines) is 1. The summed E-state index contributed by atoms with van der Waals surface area (Å²) in [6, 6.07) is -2.46. The summed E-state index contributed by atoms with van der Waals surface area (Å²) in [6.07, 6.45) is -0.584. The van der Waals surface area contributed by atoms with Crippen LogP contribution in [0.2, 0.25) is 0 Å². The SMILES string of the molecule is CC1(NC(=O)C(=O)N2CC3(CCC3)C[C@H]2C(=O)N[C@@H](C[C@@H]2CCNC2=O)C(=O)COC(F)(F)F)CC1. The van der Waals surface area contributed by atoms with Crippen molar-refractivity contribution < 1.29 is 41.9 Å². The van der Waals surface area contributed by atoms with Gasteiger partial charge in [0.15, 0.2) is 5.78 Å². The molecule has 0 unspecified atom stereocenters. The standard InChI is InChI=1S/C23H31F3N4O6/c1-21(6-7-21)29-19(34)20(35)30-12-22(4-2-5-22)10-15(30)18(33)28-14(9-13-3-8-27-17(13)32)16(31)11-36-23(24,25)26/h13-15H,2-12H2,1H3,(H,27,32)(H,28,33)(H,29,34)/t13-,14-,15-/m0/s1. The summed E-state index contributed by atoms with van der Waals surface area (Å²) < 4.78 is 41.2. The Hall–Kier alpha value is -2.70. The Kier molecular flexibility index (Phi) is 7.06. The van der Waals surface area contributed by atoms with Crippen LogP contribution in [0, 0.1) is 11.3 Å². The number of hydrogen-bond donors (Lipinski definition) is 3. The second-order valence-electron chi connectivity index (χ2n) is 10.8. The van der Waals surface area contributed by atoms with E-state index in [1.807, 2.05) is 6.92 Å². The molecule has 2 aliphatic carbocycles. The maximum atomic E-state index is 13.3. The molecule has 1 spiro atoms. The van der Waals surface area contributed by atoms with Gasteiger partial charge in [-0.15, -0.1) is 13.2 Å². The van der Waals surface area contributed by atoms with Crippen molar-refractivity contribution >= 4 is 29.4 Å². The van der Waals surface area contributed by atoms with Crippen LogP contribution in [-0.2, 0) is 28.7 Å². The first kappa shape index (κ1) is 26.4. The van der Waals surface area contributed by atoms with Crippen LogP contribution in [0.3, 0.4) is 0 Å². The highest BCUT2D eigenvalue weighted by molar-refractivity contribution is 6.35. The summed E-state index contributed by atoms with van der Waals surface area (Å²) in [7, 11) is 0. The van der Waals surface area contributed by atoms with Crippen LogP contribution in [0.25, 0.3) is 0 Å². The summed E-state index contributed by atoms with van der Waals surface area (Å²) in [5, 5.41) is 7.75. The highest BCUT2D eigenvalue weighted by atomic mass is 19.4. The highest BCUT2D eigenvalue weighted by Crippen LogP contribution is 2.50. The Morgan fingerprint density at radius 1 is 1.19 bits per heavy atom. The van der Waals surface area contributed by atoms with Gasteiger partial charge in [0, 0.05) is 24.5 Å². The molecule has 3 atom stereocenters. The van der Waals surface area contributed by atoms with Gasteiger partial charge in [-0.1, -0.05) is 6.42 Å². The number of amides is 4. The predicted molar refractivity (Wildman–Crippen MR) is 117 cm³/mol. The van der Waals surface area contributed by atoms with Gasteiger partial charge < -0.3 is 20.9 Å². The number of Topliss-reactive ketones (excluding diaryl/α,β-unsaturated/α-hetero) is 1. The van der Waals surface area contributed by atoms with Gasteiger partial charge in [0.2, 0.25) is 11.8 Å². The van der Waals surface area contributed by atoms with Crippen LogP contribution < -0.4 is 16.0 Å².